The van der Waals surface area contributed by atoms with Crippen molar-refractivity contribution in [2.45, 2.75) is 63.6 Å². The van der Waals surface area contributed by atoms with E-state index in [1.165, 1.54) is 0 Å². The summed E-state index contributed by atoms with van der Waals surface area (Å²) in [6, 6.07) is 0. The van der Waals surface area contributed by atoms with E-state index in [4.69, 9.17) is 4.74 Å². The number of piperidine rings is 1. The molecule has 1 aliphatic heterocycles. The zero-order valence-corrected chi connectivity index (χ0v) is 13.4. The molecule has 0 bridgehead atoms. The van der Waals surface area contributed by atoms with Crippen molar-refractivity contribution in [1.29, 1.82) is 0 Å². The lowest BCUT2D eigenvalue weighted by molar-refractivity contribution is -0.173. The molecule has 2 fully saturated rings. The van der Waals surface area contributed by atoms with Crippen molar-refractivity contribution in [3.8, 4) is 0 Å². The Morgan fingerprint density at radius 3 is 2.48 bits per heavy atom. The third-order valence-corrected chi connectivity index (χ3v) is 4.85. The lowest BCUT2D eigenvalue weighted by atomic mass is 9.85. The van der Waals surface area contributed by atoms with Crippen molar-refractivity contribution in [2.75, 3.05) is 20.1 Å². The van der Waals surface area contributed by atoms with Crippen LogP contribution in [-0.4, -0.2) is 47.8 Å². The van der Waals surface area contributed by atoms with Gasteiger partial charge in [-0.15, -0.1) is 0 Å². The van der Waals surface area contributed by atoms with E-state index in [-0.39, 0.29) is 12.0 Å². The Hall–Kier alpha value is -0.870. The van der Waals surface area contributed by atoms with Gasteiger partial charge >= 0.3 is 5.97 Å². The largest absolute Gasteiger partial charge is 0.460 e. The van der Waals surface area contributed by atoms with E-state index >= 15 is 0 Å². The molecule has 1 saturated heterocycles. The number of allylic oxidation sites excluding steroid dienone is 1. The molecule has 1 saturated carbocycles. The van der Waals surface area contributed by atoms with Crippen LogP contribution >= 0.6 is 0 Å². The Balaban J connectivity index is 2.01. The standard InChI is InChI=1S/C17H29NO3/c1-3-4-11-17(20,14-7-5-6-8-14)16(19)21-15-9-12-18(2)13-10-15/h4,11,14-15,20H,3,5-10,12-13H2,1-2H3/b11-4-/t17-/m1/s1. The van der Waals surface area contributed by atoms with Gasteiger partial charge in [0.15, 0.2) is 5.60 Å². The molecule has 2 rings (SSSR count). The number of likely N-dealkylation sites (tertiary alicyclic amines) is 1. The molecule has 1 N–H and O–H groups in total. The van der Waals surface area contributed by atoms with Crippen LogP contribution in [0, 0.1) is 5.92 Å². The van der Waals surface area contributed by atoms with Gasteiger partial charge in [-0.3, -0.25) is 0 Å². The fourth-order valence-electron chi connectivity index (χ4n) is 3.38. The zero-order valence-electron chi connectivity index (χ0n) is 13.4. The minimum atomic E-state index is -1.42. The molecule has 120 valence electrons. The van der Waals surface area contributed by atoms with E-state index in [2.05, 4.69) is 11.9 Å². The SMILES string of the molecule is CC/C=C\[C@](O)(C(=O)OC1CCN(C)CC1)C1CCCC1. The van der Waals surface area contributed by atoms with Crippen LogP contribution < -0.4 is 0 Å². The van der Waals surface area contributed by atoms with Gasteiger partial charge in [0, 0.05) is 19.0 Å². The fourth-order valence-corrected chi connectivity index (χ4v) is 3.38. The molecule has 0 aromatic rings. The van der Waals surface area contributed by atoms with Crippen LogP contribution in [0.25, 0.3) is 0 Å². The second-order valence-electron chi connectivity index (χ2n) is 6.53. The summed E-state index contributed by atoms with van der Waals surface area (Å²) in [5.74, 6) is -0.423. The molecule has 0 aromatic heterocycles. The minimum absolute atomic E-state index is 0.0130. The van der Waals surface area contributed by atoms with Crippen LogP contribution in [0.1, 0.15) is 51.9 Å². The van der Waals surface area contributed by atoms with Crippen molar-refractivity contribution >= 4 is 5.97 Å². The zero-order chi connectivity index (χ0) is 15.3. The highest BCUT2D eigenvalue weighted by molar-refractivity contribution is 5.82. The van der Waals surface area contributed by atoms with Gasteiger partial charge in [0.05, 0.1) is 0 Å². The molecule has 1 atom stereocenters. The van der Waals surface area contributed by atoms with Gasteiger partial charge in [0.2, 0.25) is 0 Å². The quantitative estimate of drug-likeness (QED) is 0.625. The van der Waals surface area contributed by atoms with Crippen LogP contribution in [0.3, 0.4) is 0 Å². The van der Waals surface area contributed by atoms with Crippen LogP contribution in [0.15, 0.2) is 12.2 Å². The summed E-state index contributed by atoms with van der Waals surface area (Å²) in [7, 11) is 2.08. The number of rotatable bonds is 5. The van der Waals surface area contributed by atoms with Gasteiger partial charge in [0.25, 0.3) is 0 Å². The van der Waals surface area contributed by atoms with Gasteiger partial charge in [-0.25, -0.2) is 4.79 Å². The third kappa shape index (κ3) is 4.07. The Bertz CT molecular complexity index is 368. The first-order valence-corrected chi connectivity index (χ1v) is 8.36. The molecule has 0 radical (unpaired) electrons. The summed E-state index contributed by atoms with van der Waals surface area (Å²) in [4.78, 5) is 14.8. The van der Waals surface area contributed by atoms with Crippen LogP contribution in [0.4, 0.5) is 0 Å². The highest BCUT2D eigenvalue weighted by Crippen LogP contribution is 2.36. The van der Waals surface area contributed by atoms with E-state index in [0.717, 1.165) is 58.0 Å². The van der Waals surface area contributed by atoms with E-state index in [1.807, 2.05) is 13.0 Å². The average molecular weight is 295 g/mol. The van der Waals surface area contributed by atoms with Crippen molar-refractivity contribution in [3.05, 3.63) is 12.2 Å². The molecule has 0 spiro atoms. The van der Waals surface area contributed by atoms with Crippen molar-refractivity contribution in [3.63, 3.8) is 0 Å². The minimum Gasteiger partial charge on any atom is -0.460 e. The normalized spacial score (nSPS) is 25.3. The Morgan fingerprint density at radius 2 is 1.90 bits per heavy atom. The second kappa shape index (κ2) is 7.41. The number of hydrogen-bond acceptors (Lipinski definition) is 4. The molecule has 2 aliphatic rings. The van der Waals surface area contributed by atoms with Crippen molar-refractivity contribution < 1.29 is 14.6 Å². The Labute approximate surface area is 128 Å². The maximum Gasteiger partial charge on any atom is 0.342 e. The summed E-state index contributed by atoms with van der Waals surface area (Å²) in [6.07, 6.45) is 10.1. The maximum absolute atomic E-state index is 12.6. The monoisotopic (exact) mass is 295 g/mol. The number of ether oxygens (including phenoxy) is 1. The summed E-state index contributed by atoms with van der Waals surface area (Å²) in [6.45, 7) is 3.91. The molecule has 4 heteroatoms. The van der Waals surface area contributed by atoms with Crippen molar-refractivity contribution in [1.82, 2.24) is 4.90 Å². The molecule has 4 nitrogen and oxygen atoms in total. The predicted molar refractivity (Wildman–Crippen MR) is 82.9 cm³/mol. The number of carbonyl (C=O) groups excluding carboxylic acids is 1. The summed E-state index contributed by atoms with van der Waals surface area (Å²) >= 11 is 0. The van der Waals surface area contributed by atoms with E-state index in [9.17, 15) is 9.90 Å². The maximum atomic E-state index is 12.6. The van der Waals surface area contributed by atoms with Gasteiger partial charge in [-0.1, -0.05) is 25.8 Å². The van der Waals surface area contributed by atoms with Crippen LogP contribution in [0.2, 0.25) is 0 Å². The Morgan fingerprint density at radius 1 is 1.29 bits per heavy atom. The van der Waals surface area contributed by atoms with E-state index < -0.39 is 11.6 Å². The van der Waals surface area contributed by atoms with Gasteiger partial charge in [0.1, 0.15) is 6.10 Å². The second-order valence-corrected chi connectivity index (χ2v) is 6.53. The highest BCUT2D eigenvalue weighted by Gasteiger charge is 2.45. The molecule has 1 aliphatic carbocycles. The third-order valence-electron chi connectivity index (χ3n) is 4.85. The smallest absolute Gasteiger partial charge is 0.342 e. The number of aliphatic hydroxyl groups is 1. The topological polar surface area (TPSA) is 49.8 Å². The lowest BCUT2D eigenvalue weighted by Crippen LogP contribution is -2.47. The van der Waals surface area contributed by atoms with Crippen LogP contribution in [0.5, 0.6) is 0 Å². The van der Waals surface area contributed by atoms with Gasteiger partial charge in [-0.05, 0) is 45.2 Å². The first kappa shape index (κ1) is 16.5. The Kier molecular flexibility index (Phi) is 5.82. The molecule has 0 unspecified atom stereocenters. The van der Waals surface area contributed by atoms with Gasteiger partial charge < -0.3 is 14.7 Å². The molecular formula is C17H29NO3. The first-order valence-electron chi connectivity index (χ1n) is 8.36. The molecule has 0 amide bonds. The average Bonchev–Trinajstić information content (AvgIpc) is 3.02. The summed E-state index contributed by atoms with van der Waals surface area (Å²) in [5, 5.41) is 10.9. The van der Waals surface area contributed by atoms with E-state index in [0.29, 0.717) is 0 Å². The van der Waals surface area contributed by atoms with E-state index in [1.54, 1.807) is 6.08 Å². The number of nitrogens with zero attached hydrogens (tertiary/aromatic N) is 1. The lowest BCUT2D eigenvalue weighted by Gasteiger charge is -2.33. The molecule has 0 aromatic carbocycles. The molecule has 21 heavy (non-hydrogen) atoms. The summed E-state index contributed by atoms with van der Waals surface area (Å²) in [5.41, 5.74) is -1.42. The highest BCUT2D eigenvalue weighted by atomic mass is 16.6. The fraction of sp³-hybridized carbons (Fsp3) is 0.824. The first-order chi connectivity index (χ1) is 10.1. The van der Waals surface area contributed by atoms with Crippen molar-refractivity contribution in [2.24, 2.45) is 5.92 Å². The summed E-state index contributed by atoms with van der Waals surface area (Å²) < 4.78 is 5.65. The number of carbonyl (C=O) groups is 1. The van der Waals surface area contributed by atoms with Gasteiger partial charge in [-0.2, -0.15) is 0 Å². The molecular weight excluding hydrogens is 266 g/mol. The van der Waals surface area contributed by atoms with Crippen LogP contribution in [-0.2, 0) is 9.53 Å². The predicted octanol–water partition coefficient (Wildman–Crippen LogP) is 2.51. The number of esters is 1. The molecule has 1 heterocycles. The number of hydrogen-bond donors (Lipinski definition) is 1.